The maximum absolute atomic E-state index is 14.3. The molecule has 0 bridgehead atoms. The average molecular weight is 451 g/mol. The summed E-state index contributed by atoms with van der Waals surface area (Å²) in [6, 6.07) is 9.16. The zero-order chi connectivity index (χ0) is 22.8. The van der Waals surface area contributed by atoms with Gasteiger partial charge in [-0.1, -0.05) is 25.1 Å². The first-order valence-corrected chi connectivity index (χ1v) is 10.3. The number of hydrogen-bond donors (Lipinski definition) is 2. The third-order valence-corrected chi connectivity index (χ3v) is 6.35. The maximum Gasteiger partial charge on any atom is 0.441 e. The molecule has 6 nitrogen and oxygen atoms in total. The molecule has 164 valence electrons. The number of methoxy groups -OCH3 is 1. The lowest BCUT2D eigenvalue weighted by atomic mass is 9.88. The monoisotopic (exact) mass is 451 g/mol. The van der Waals surface area contributed by atoms with Gasteiger partial charge in [-0.25, -0.2) is 4.79 Å². The lowest BCUT2D eigenvalue weighted by molar-refractivity contribution is -0.203. The topological polar surface area (TPSA) is 91.2 Å². The summed E-state index contributed by atoms with van der Waals surface area (Å²) in [5.41, 5.74) is -2.90. The Balaban J connectivity index is 2.09. The number of fused-ring (bicyclic) bond motifs is 1. The highest BCUT2D eigenvalue weighted by Gasteiger charge is 2.64. The van der Waals surface area contributed by atoms with Crippen LogP contribution < -0.4 is 10.6 Å². The standard InChI is InChI=1S/C21H20F3N3O3S/c1-12-8-9-14-15(11-25)18(31-16(14)10-12)27-20(19(29)30-2,21(22,23)24)26-17(28)13-6-4-3-5-7-13/h3-7,12,27H,8-10H2,1-2H3,(H,26,28)/t12-,20+/m0/s1. The molecule has 1 amide bonds. The van der Waals surface area contributed by atoms with E-state index in [4.69, 9.17) is 0 Å². The Kier molecular flexibility index (Phi) is 6.27. The molecular formula is C21H20F3N3O3S. The maximum atomic E-state index is 14.3. The SMILES string of the molecule is COC(=O)[C@@](NC(=O)c1ccccc1)(Nc1sc2c(c1C#N)CC[C@H](C)C2)C(F)(F)F. The molecule has 2 N–H and O–H groups in total. The molecule has 1 aromatic heterocycles. The van der Waals surface area contributed by atoms with Gasteiger partial charge in [-0.15, -0.1) is 11.3 Å². The second kappa shape index (κ2) is 8.59. The van der Waals surface area contributed by atoms with Crippen molar-refractivity contribution in [3.8, 4) is 6.07 Å². The fourth-order valence-corrected chi connectivity index (χ4v) is 4.92. The number of carbonyl (C=O) groups is 2. The number of amides is 1. The van der Waals surface area contributed by atoms with Gasteiger partial charge in [0.25, 0.3) is 5.91 Å². The minimum atomic E-state index is -5.27. The van der Waals surface area contributed by atoms with Crippen molar-refractivity contribution in [3.05, 3.63) is 51.9 Å². The van der Waals surface area contributed by atoms with Gasteiger partial charge in [-0.2, -0.15) is 18.4 Å². The molecule has 3 rings (SSSR count). The van der Waals surface area contributed by atoms with Crippen LogP contribution in [0.2, 0.25) is 0 Å². The van der Waals surface area contributed by atoms with Crippen LogP contribution in [0.4, 0.5) is 18.2 Å². The molecule has 0 saturated carbocycles. The molecule has 31 heavy (non-hydrogen) atoms. The Morgan fingerprint density at radius 2 is 1.94 bits per heavy atom. The number of carbonyl (C=O) groups excluding carboxylic acids is 2. The zero-order valence-corrected chi connectivity index (χ0v) is 17.6. The van der Waals surface area contributed by atoms with Gasteiger partial charge < -0.3 is 15.4 Å². The number of hydrogen-bond acceptors (Lipinski definition) is 6. The van der Waals surface area contributed by atoms with Crippen LogP contribution in [-0.4, -0.2) is 30.8 Å². The summed E-state index contributed by atoms with van der Waals surface area (Å²) in [7, 11) is 0.797. The number of thiophene rings is 1. The van der Waals surface area contributed by atoms with Crippen LogP contribution in [-0.2, 0) is 22.4 Å². The fraction of sp³-hybridized carbons (Fsp3) is 0.381. The lowest BCUT2D eigenvalue weighted by Gasteiger charge is -2.34. The molecule has 2 atom stereocenters. The number of alkyl halides is 3. The highest BCUT2D eigenvalue weighted by atomic mass is 32.1. The lowest BCUT2D eigenvalue weighted by Crippen LogP contribution is -2.69. The molecule has 1 aliphatic carbocycles. The summed E-state index contributed by atoms with van der Waals surface area (Å²) >= 11 is 0.991. The highest BCUT2D eigenvalue weighted by Crippen LogP contribution is 2.42. The molecule has 0 unspecified atom stereocenters. The molecule has 0 saturated heterocycles. The molecule has 1 heterocycles. The van der Waals surface area contributed by atoms with Gasteiger partial charge in [0, 0.05) is 10.4 Å². The summed E-state index contributed by atoms with van der Waals surface area (Å²) in [6.45, 7) is 2.02. The van der Waals surface area contributed by atoms with Crippen molar-refractivity contribution in [2.45, 2.75) is 38.0 Å². The van der Waals surface area contributed by atoms with E-state index in [2.05, 4.69) is 10.1 Å². The van der Waals surface area contributed by atoms with Gasteiger partial charge in [-0.05, 0) is 42.9 Å². The van der Waals surface area contributed by atoms with Crippen LogP contribution in [0.3, 0.4) is 0 Å². The second-order valence-corrected chi connectivity index (χ2v) is 8.46. The number of nitriles is 1. The fourth-order valence-electron chi connectivity index (χ4n) is 3.50. The van der Waals surface area contributed by atoms with Gasteiger partial charge in [0.15, 0.2) is 0 Å². The quantitative estimate of drug-likeness (QED) is 0.529. The second-order valence-electron chi connectivity index (χ2n) is 7.35. The molecule has 0 fully saturated rings. The zero-order valence-electron chi connectivity index (χ0n) is 16.8. The first kappa shape index (κ1) is 22.6. The van der Waals surface area contributed by atoms with Crippen LogP contribution in [0.5, 0.6) is 0 Å². The first-order valence-electron chi connectivity index (χ1n) is 9.48. The number of halogens is 3. The molecule has 0 aliphatic heterocycles. The van der Waals surface area contributed by atoms with Crippen molar-refractivity contribution in [2.24, 2.45) is 5.92 Å². The molecular weight excluding hydrogens is 431 g/mol. The van der Waals surface area contributed by atoms with Gasteiger partial charge >= 0.3 is 17.8 Å². The highest BCUT2D eigenvalue weighted by molar-refractivity contribution is 7.16. The minimum Gasteiger partial charge on any atom is -0.466 e. The van der Waals surface area contributed by atoms with E-state index in [1.165, 1.54) is 24.3 Å². The van der Waals surface area contributed by atoms with E-state index in [0.717, 1.165) is 29.7 Å². The Bertz CT molecular complexity index is 1030. The van der Waals surface area contributed by atoms with E-state index in [0.29, 0.717) is 24.3 Å². The van der Waals surface area contributed by atoms with Crippen LogP contribution >= 0.6 is 11.3 Å². The predicted octanol–water partition coefficient (Wildman–Crippen LogP) is 4.02. The Hall–Kier alpha value is -3.06. The van der Waals surface area contributed by atoms with Crippen molar-refractivity contribution in [3.63, 3.8) is 0 Å². The number of benzene rings is 1. The summed E-state index contributed by atoms with van der Waals surface area (Å²) in [5, 5.41) is 13.4. The molecule has 1 aromatic carbocycles. The Morgan fingerprint density at radius 3 is 2.52 bits per heavy atom. The molecule has 0 radical (unpaired) electrons. The largest absolute Gasteiger partial charge is 0.466 e. The van der Waals surface area contributed by atoms with Gasteiger partial charge in [0.1, 0.15) is 11.1 Å². The molecule has 2 aromatic rings. The number of nitrogens with one attached hydrogen (secondary N) is 2. The predicted molar refractivity (Wildman–Crippen MR) is 109 cm³/mol. The Morgan fingerprint density at radius 1 is 1.26 bits per heavy atom. The summed E-state index contributed by atoms with van der Waals surface area (Å²) in [6.07, 6.45) is -3.27. The summed E-state index contributed by atoms with van der Waals surface area (Å²) < 4.78 is 47.3. The smallest absolute Gasteiger partial charge is 0.441 e. The number of anilines is 1. The van der Waals surface area contributed by atoms with Gasteiger partial charge in [0.2, 0.25) is 0 Å². The van der Waals surface area contributed by atoms with Gasteiger partial charge in [0.05, 0.1) is 12.7 Å². The van der Waals surface area contributed by atoms with Crippen LogP contribution in [0.1, 0.15) is 39.7 Å². The van der Waals surface area contributed by atoms with Gasteiger partial charge in [-0.3, -0.25) is 4.79 Å². The first-order chi connectivity index (χ1) is 14.6. The van der Waals surface area contributed by atoms with E-state index >= 15 is 0 Å². The van der Waals surface area contributed by atoms with Crippen LogP contribution in [0.15, 0.2) is 30.3 Å². The third-order valence-electron chi connectivity index (χ3n) is 5.18. The van der Waals surface area contributed by atoms with Crippen molar-refractivity contribution in [1.29, 1.82) is 5.26 Å². The van der Waals surface area contributed by atoms with E-state index in [-0.39, 0.29) is 16.1 Å². The van der Waals surface area contributed by atoms with E-state index in [9.17, 15) is 28.0 Å². The van der Waals surface area contributed by atoms with Crippen LogP contribution in [0, 0.1) is 17.2 Å². The third kappa shape index (κ3) is 4.23. The normalized spacial score (nSPS) is 17.6. The number of rotatable bonds is 5. The average Bonchev–Trinajstić information content (AvgIpc) is 3.08. The van der Waals surface area contributed by atoms with E-state index < -0.39 is 23.7 Å². The van der Waals surface area contributed by atoms with E-state index in [1.807, 2.05) is 13.0 Å². The van der Waals surface area contributed by atoms with Crippen molar-refractivity contribution >= 4 is 28.2 Å². The molecule has 1 aliphatic rings. The van der Waals surface area contributed by atoms with Crippen molar-refractivity contribution < 1.29 is 27.5 Å². The molecule has 0 spiro atoms. The Labute approximate surface area is 181 Å². The molecule has 10 heteroatoms. The number of esters is 1. The summed E-state index contributed by atoms with van der Waals surface area (Å²) in [5.74, 6) is -2.53. The minimum absolute atomic E-state index is 0.0541. The summed E-state index contributed by atoms with van der Waals surface area (Å²) in [4.78, 5) is 25.8. The van der Waals surface area contributed by atoms with Crippen molar-refractivity contribution in [2.75, 3.05) is 12.4 Å². The van der Waals surface area contributed by atoms with Crippen molar-refractivity contribution in [1.82, 2.24) is 5.32 Å². The number of nitrogens with zero attached hydrogens (tertiary/aromatic N) is 1. The number of ether oxygens (including phenoxy) is 1. The van der Waals surface area contributed by atoms with E-state index in [1.54, 1.807) is 11.4 Å². The van der Waals surface area contributed by atoms with Crippen LogP contribution in [0.25, 0.3) is 0 Å².